The number of rotatable bonds is 4. The van der Waals surface area contributed by atoms with Gasteiger partial charge in [-0.2, -0.15) is 0 Å². The average Bonchev–Trinajstić information content (AvgIpc) is 2.60. The van der Waals surface area contributed by atoms with E-state index in [0.29, 0.717) is 17.9 Å². The Morgan fingerprint density at radius 2 is 1.81 bits per heavy atom. The number of hydrogen-bond acceptors (Lipinski definition) is 2. The van der Waals surface area contributed by atoms with Crippen molar-refractivity contribution in [1.82, 2.24) is 0 Å². The maximum absolute atomic E-state index is 14.9. The van der Waals surface area contributed by atoms with E-state index in [1.807, 2.05) is 0 Å². The topological polar surface area (TPSA) is 34.1 Å². The van der Waals surface area contributed by atoms with Crippen LogP contribution >= 0.6 is 11.6 Å². The van der Waals surface area contributed by atoms with Gasteiger partial charge in [-0.05, 0) is 67.1 Å². The standard InChI is InChI=1S/C20H19ClF2O2S/c1-3-12-20(26(24,25)15-7-5-14(21)6-8-15)13(2)4-9-16-17(22)10-11-18(23)19(16)20/h3,5-8,10-11,13H,1,4,9,12H2,2H3/t13-,20+/m0/s1. The highest BCUT2D eigenvalue weighted by Gasteiger charge is 2.54. The first-order valence-corrected chi connectivity index (χ1v) is 10.2. The molecule has 0 saturated carbocycles. The summed E-state index contributed by atoms with van der Waals surface area (Å²) in [5, 5.41) is 0.399. The van der Waals surface area contributed by atoms with Gasteiger partial charge in [-0.3, -0.25) is 0 Å². The fourth-order valence-electron chi connectivity index (χ4n) is 3.99. The summed E-state index contributed by atoms with van der Waals surface area (Å²) in [6.07, 6.45) is 2.19. The largest absolute Gasteiger partial charge is 0.223 e. The molecule has 1 aliphatic rings. The Morgan fingerprint density at radius 1 is 1.19 bits per heavy atom. The Balaban J connectivity index is 2.38. The Kier molecular flexibility index (Phi) is 4.97. The van der Waals surface area contributed by atoms with Crippen LogP contribution in [0.2, 0.25) is 5.02 Å². The highest BCUT2D eigenvalue weighted by Crippen LogP contribution is 2.52. The van der Waals surface area contributed by atoms with Gasteiger partial charge in [0, 0.05) is 10.6 Å². The van der Waals surface area contributed by atoms with Crippen LogP contribution in [-0.2, 0) is 21.0 Å². The van der Waals surface area contributed by atoms with Crippen molar-refractivity contribution in [1.29, 1.82) is 0 Å². The second-order valence-electron chi connectivity index (χ2n) is 6.66. The van der Waals surface area contributed by atoms with Crippen LogP contribution in [0.25, 0.3) is 0 Å². The first-order valence-electron chi connectivity index (χ1n) is 8.34. The summed E-state index contributed by atoms with van der Waals surface area (Å²) in [5.74, 6) is -1.69. The molecule has 0 aliphatic heterocycles. The minimum atomic E-state index is -4.04. The minimum Gasteiger partial charge on any atom is -0.223 e. The zero-order valence-corrected chi connectivity index (χ0v) is 15.9. The van der Waals surface area contributed by atoms with E-state index in [2.05, 4.69) is 6.58 Å². The monoisotopic (exact) mass is 396 g/mol. The van der Waals surface area contributed by atoms with Crippen LogP contribution in [0.5, 0.6) is 0 Å². The maximum Gasteiger partial charge on any atom is 0.188 e. The SMILES string of the molecule is C=CC[C@]1(S(=O)(=O)c2ccc(Cl)cc2)c2c(F)ccc(F)c2CC[C@@H]1C. The fraction of sp³-hybridized carbons (Fsp3) is 0.300. The first kappa shape index (κ1) is 19.1. The second-order valence-corrected chi connectivity index (χ2v) is 9.31. The summed E-state index contributed by atoms with van der Waals surface area (Å²) in [5.41, 5.74) is 0.0774. The predicted molar refractivity (Wildman–Crippen MR) is 99.0 cm³/mol. The van der Waals surface area contributed by atoms with Crippen LogP contribution in [0, 0.1) is 17.6 Å². The molecule has 2 aromatic rings. The van der Waals surface area contributed by atoms with Gasteiger partial charge in [-0.1, -0.05) is 24.6 Å². The third-order valence-electron chi connectivity index (χ3n) is 5.30. The summed E-state index contributed by atoms with van der Waals surface area (Å²) in [6.45, 7) is 5.45. The number of fused-ring (bicyclic) bond motifs is 1. The van der Waals surface area contributed by atoms with Gasteiger partial charge in [-0.25, -0.2) is 17.2 Å². The summed E-state index contributed by atoms with van der Waals surface area (Å²) < 4.78 is 55.0. The normalized spacial score (nSPS) is 22.7. The van der Waals surface area contributed by atoms with E-state index in [4.69, 9.17) is 11.6 Å². The summed E-state index contributed by atoms with van der Waals surface area (Å²) in [7, 11) is -4.04. The summed E-state index contributed by atoms with van der Waals surface area (Å²) in [6, 6.07) is 7.82. The van der Waals surface area contributed by atoms with E-state index in [1.165, 1.54) is 30.3 Å². The van der Waals surface area contributed by atoms with Crippen molar-refractivity contribution in [3.63, 3.8) is 0 Å². The highest BCUT2D eigenvalue weighted by molar-refractivity contribution is 7.92. The number of halogens is 3. The van der Waals surface area contributed by atoms with E-state index in [0.717, 1.165) is 12.1 Å². The fourth-order valence-corrected chi connectivity index (χ4v) is 6.50. The van der Waals surface area contributed by atoms with E-state index in [1.54, 1.807) is 6.92 Å². The summed E-state index contributed by atoms with van der Waals surface area (Å²) in [4.78, 5) is 0.0344. The molecular weight excluding hydrogens is 378 g/mol. The molecule has 0 radical (unpaired) electrons. The first-order chi connectivity index (χ1) is 12.3. The van der Waals surface area contributed by atoms with Crippen molar-refractivity contribution in [2.24, 2.45) is 5.92 Å². The van der Waals surface area contributed by atoms with E-state index < -0.39 is 32.1 Å². The number of sulfone groups is 1. The molecule has 2 atom stereocenters. The van der Waals surface area contributed by atoms with Gasteiger partial charge in [0.05, 0.1) is 4.90 Å². The lowest BCUT2D eigenvalue weighted by atomic mass is 9.73. The van der Waals surface area contributed by atoms with Gasteiger partial charge in [0.15, 0.2) is 9.84 Å². The molecule has 0 fully saturated rings. The highest BCUT2D eigenvalue weighted by atomic mass is 35.5. The van der Waals surface area contributed by atoms with Crippen molar-refractivity contribution in [3.05, 3.63) is 76.8 Å². The van der Waals surface area contributed by atoms with Crippen LogP contribution < -0.4 is 0 Å². The van der Waals surface area contributed by atoms with Crippen LogP contribution in [0.3, 0.4) is 0 Å². The van der Waals surface area contributed by atoms with Gasteiger partial charge in [0.2, 0.25) is 0 Å². The molecule has 2 aromatic carbocycles. The van der Waals surface area contributed by atoms with Crippen LogP contribution in [-0.4, -0.2) is 8.42 Å². The predicted octanol–water partition coefficient (Wildman–Crippen LogP) is 5.45. The Labute approximate surface area is 157 Å². The van der Waals surface area contributed by atoms with Crippen molar-refractivity contribution < 1.29 is 17.2 Å². The van der Waals surface area contributed by atoms with Crippen molar-refractivity contribution in [3.8, 4) is 0 Å². The summed E-state index contributed by atoms with van der Waals surface area (Å²) >= 11 is 5.88. The van der Waals surface area contributed by atoms with Crippen LogP contribution in [0.15, 0.2) is 53.9 Å². The maximum atomic E-state index is 14.9. The molecule has 0 amide bonds. The lowest BCUT2D eigenvalue weighted by Gasteiger charge is -2.43. The molecule has 138 valence electrons. The van der Waals surface area contributed by atoms with E-state index >= 15 is 0 Å². The van der Waals surface area contributed by atoms with Crippen LogP contribution in [0.1, 0.15) is 30.9 Å². The van der Waals surface area contributed by atoms with Crippen LogP contribution in [0.4, 0.5) is 8.78 Å². The third kappa shape index (κ3) is 2.69. The Hall–Kier alpha value is -1.72. The molecule has 0 saturated heterocycles. The zero-order valence-electron chi connectivity index (χ0n) is 14.3. The molecule has 0 bridgehead atoms. The molecule has 26 heavy (non-hydrogen) atoms. The van der Waals surface area contributed by atoms with Gasteiger partial charge in [0.1, 0.15) is 16.4 Å². The lowest BCUT2D eigenvalue weighted by molar-refractivity contribution is 0.325. The average molecular weight is 397 g/mol. The van der Waals surface area contributed by atoms with E-state index in [9.17, 15) is 17.2 Å². The van der Waals surface area contributed by atoms with Gasteiger partial charge in [-0.15, -0.1) is 6.58 Å². The molecule has 0 spiro atoms. The molecule has 0 aromatic heterocycles. The smallest absolute Gasteiger partial charge is 0.188 e. The van der Waals surface area contributed by atoms with Crippen molar-refractivity contribution in [2.45, 2.75) is 35.8 Å². The molecule has 6 heteroatoms. The minimum absolute atomic E-state index is 0.00744. The number of hydrogen-bond donors (Lipinski definition) is 0. The molecule has 1 aliphatic carbocycles. The van der Waals surface area contributed by atoms with E-state index in [-0.39, 0.29) is 22.4 Å². The molecule has 0 N–H and O–H groups in total. The molecule has 3 rings (SSSR count). The zero-order chi connectivity index (χ0) is 19.1. The quantitative estimate of drug-likeness (QED) is 0.644. The van der Waals surface area contributed by atoms with Gasteiger partial charge < -0.3 is 0 Å². The molecule has 2 nitrogen and oxygen atoms in total. The number of allylic oxidation sites excluding steroid dienone is 1. The van der Waals surface area contributed by atoms with Crippen molar-refractivity contribution >= 4 is 21.4 Å². The molecular formula is C20H19ClF2O2S. The van der Waals surface area contributed by atoms with Gasteiger partial charge in [0.25, 0.3) is 0 Å². The third-order valence-corrected chi connectivity index (χ3v) is 8.18. The molecule has 0 unspecified atom stereocenters. The van der Waals surface area contributed by atoms with Crippen molar-refractivity contribution in [2.75, 3.05) is 0 Å². The Bertz CT molecular complexity index is 955. The molecule has 0 heterocycles. The second kappa shape index (κ2) is 6.78. The lowest BCUT2D eigenvalue weighted by Crippen LogP contribution is -2.46. The van der Waals surface area contributed by atoms with Gasteiger partial charge >= 0.3 is 0 Å². The number of benzene rings is 2. The Morgan fingerprint density at radius 3 is 2.42 bits per heavy atom.